The van der Waals surface area contributed by atoms with Gasteiger partial charge in [-0.15, -0.1) is 0 Å². The molecule has 110 valence electrons. The number of aromatic nitrogens is 2. The SMILES string of the molecule is CCn1cc(C2CC(=O)Nc3cc(N(C)C)ccc32)cn1. The average Bonchev–Trinajstić information content (AvgIpc) is 2.94. The summed E-state index contributed by atoms with van der Waals surface area (Å²) in [5.74, 6) is 0.151. The van der Waals surface area contributed by atoms with E-state index < -0.39 is 0 Å². The third-order valence-corrected chi connectivity index (χ3v) is 3.97. The van der Waals surface area contributed by atoms with E-state index >= 15 is 0 Å². The predicted molar refractivity (Wildman–Crippen MR) is 83.8 cm³/mol. The lowest BCUT2D eigenvalue weighted by atomic mass is 9.86. The Balaban J connectivity index is 2.03. The lowest BCUT2D eigenvalue weighted by Crippen LogP contribution is -2.24. The summed E-state index contributed by atoms with van der Waals surface area (Å²) in [6.07, 6.45) is 4.38. The van der Waals surface area contributed by atoms with Gasteiger partial charge in [0.1, 0.15) is 0 Å². The Morgan fingerprint density at radius 1 is 1.43 bits per heavy atom. The Morgan fingerprint density at radius 3 is 2.90 bits per heavy atom. The lowest BCUT2D eigenvalue weighted by molar-refractivity contribution is -0.116. The molecule has 1 aromatic heterocycles. The molecule has 1 N–H and O–H groups in total. The highest BCUT2D eigenvalue weighted by Gasteiger charge is 2.27. The van der Waals surface area contributed by atoms with Crippen LogP contribution in [-0.4, -0.2) is 29.8 Å². The number of carbonyl (C=O) groups excluding carboxylic acids is 1. The van der Waals surface area contributed by atoms with Gasteiger partial charge in [-0.1, -0.05) is 6.07 Å². The van der Waals surface area contributed by atoms with Crippen molar-refractivity contribution in [3.8, 4) is 0 Å². The topological polar surface area (TPSA) is 50.2 Å². The summed E-state index contributed by atoms with van der Waals surface area (Å²) >= 11 is 0. The molecule has 0 spiro atoms. The standard InChI is InChI=1S/C16H20N4O/c1-4-20-10-11(9-17-20)14-8-16(21)18-15-7-12(19(2)3)5-6-13(14)15/h5-7,9-10,14H,4,8H2,1-3H3,(H,18,21). The second-order valence-corrected chi connectivity index (χ2v) is 5.60. The minimum atomic E-state index is 0.0626. The summed E-state index contributed by atoms with van der Waals surface area (Å²) in [6, 6.07) is 6.23. The van der Waals surface area contributed by atoms with E-state index in [1.165, 1.54) is 0 Å². The van der Waals surface area contributed by atoms with Gasteiger partial charge in [0.25, 0.3) is 0 Å². The minimum absolute atomic E-state index is 0.0626. The van der Waals surface area contributed by atoms with Crippen molar-refractivity contribution in [2.45, 2.75) is 25.8 Å². The summed E-state index contributed by atoms with van der Waals surface area (Å²) in [5.41, 5.74) is 4.26. The molecule has 2 heterocycles. The highest BCUT2D eigenvalue weighted by Crippen LogP contribution is 2.38. The molecule has 0 aliphatic carbocycles. The van der Waals surface area contributed by atoms with Gasteiger partial charge in [-0.3, -0.25) is 9.48 Å². The molecule has 1 aliphatic heterocycles. The molecular weight excluding hydrogens is 264 g/mol. The Kier molecular flexibility index (Phi) is 3.41. The van der Waals surface area contributed by atoms with Crippen LogP contribution in [0.25, 0.3) is 0 Å². The highest BCUT2D eigenvalue weighted by molar-refractivity contribution is 5.96. The molecule has 1 aliphatic rings. The summed E-state index contributed by atoms with van der Waals surface area (Å²) in [7, 11) is 3.99. The second-order valence-electron chi connectivity index (χ2n) is 5.60. The molecule has 2 aromatic rings. The van der Waals surface area contributed by atoms with Gasteiger partial charge >= 0.3 is 0 Å². The molecule has 0 saturated carbocycles. The molecule has 5 nitrogen and oxygen atoms in total. The Labute approximate surface area is 124 Å². The van der Waals surface area contributed by atoms with Crippen molar-refractivity contribution < 1.29 is 4.79 Å². The molecule has 0 bridgehead atoms. The predicted octanol–water partition coefficient (Wildman–Crippen LogP) is 2.44. The van der Waals surface area contributed by atoms with E-state index in [1.807, 2.05) is 42.1 Å². The molecule has 1 amide bonds. The fourth-order valence-corrected chi connectivity index (χ4v) is 2.76. The van der Waals surface area contributed by atoms with E-state index in [2.05, 4.69) is 29.5 Å². The number of anilines is 2. The van der Waals surface area contributed by atoms with Gasteiger partial charge in [0.2, 0.25) is 5.91 Å². The smallest absolute Gasteiger partial charge is 0.225 e. The highest BCUT2D eigenvalue weighted by atomic mass is 16.1. The Bertz CT molecular complexity index is 675. The minimum Gasteiger partial charge on any atom is -0.378 e. The number of nitrogens with one attached hydrogen (secondary N) is 1. The van der Waals surface area contributed by atoms with Crippen LogP contribution in [0.3, 0.4) is 0 Å². The quantitative estimate of drug-likeness (QED) is 0.942. The van der Waals surface area contributed by atoms with Gasteiger partial charge in [0.05, 0.1) is 6.20 Å². The summed E-state index contributed by atoms with van der Waals surface area (Å²) < 4.78 is 1.90. The number of hydrogen-bond donors (Lipinski definition) is 1. The average molecular weight is 284 g/mol. The number of hydrogen-bond acceptors (Lipinski definition) is 3. The molecular formula is C16H20N4O. The Morgan fingerprint density at radius 2 is 2.24 bits per heavy atom. The van der Waals surface area contributed by atoms with Crippen molar-refractivity contribution in [1.29, 1.82) is 0 Å². The maximum Gasteiger partial charge on any atom is 0.225 e. The third kappa shape index (κ3) is 2.51. The maximum atomic E-state index is 12.0. The summed E-state index contributed by atoms with van der Waals surface area (Å²) in [6.45, 7) is 2.90. The first-order valence-corrected chi connectivity index (χ1v) is 7.22. The van der Waals surface area contributed by atoms with Crippen LogP contribution < -0.4 is 10.2 Å². The molecule has 1 unspecified atom stereocenters. The molecule has 1 atom stereocenters. The van der Waals surface area contributed by atoms with E-state index in [1.54, 1.807) is 0 Å². The van der Waals surface area contributed by atoms with E-state index in [-0.39, 0.29) is 11.8 Å². The van der Waals surface area contributed by atoms with E-state index in [9.17, 15) is 4.79 Å². The van der Waals surface area contributed by atoms with Crippen molar-refractivity contribution in [3.05, 3.63) is 41.7 Å². The number of rotatable bonds is 3. The zero-order valence-electron chi connectivity index (χ0n) is 12.6. The summed E-state index contributed by atoms with van der Waals surface area (Å²) in [4.78, 5) is 14.0. The van der Waals surface area contributed by atoms with Crippen molar-refractivity contribution in [3.63, 3.8) is 0 Å². The van der Waals surface area contributed by atoms with Gasteiger partial charge in [-0.25, -0.2) is 0 Å². The number of benzene rings is 1. The van der Waals surface area contributed by atoms with Crippen LogP contribution in [0, 0.1) is 0 Å². The van der Waals surface area contributed by atoms with Crippen LogP contribution in [0.1, 0.15) is 30.4 Å². The van der Waals surface area contributed by atoms with Crippen LogP contribution >= 0.6 is 0 Å². The molecule has 5 heteroatoms. The molecule has 0 fully saturated rings. The van der Waals surface area contributed by atoms with Crippen LogP contribution in [-0.2, 0) is 11.3 Å². The molecule has 0 saturated heterocycles. The second kappa shape index (κ2) is 5.24. The van der Waals surface area contributed by atoms with Crippen LogP contribution in [0.15, 0.2) is 30.6 Å². The van der Waals surface area contributed by atoms with Crippen LogP contribution in [0.4, 0.5) is 11.4 Å². The van der Waals surface area contributed by atoms with E-state index in [0.717, 1.165) is 29.0 Å². The van der Waals surface area contributed by atoms with Gasteiger partial charge in [0.15, 0.2) is 0 Å². The number of nitrogens with zero attached hydrogens (tertiary/aromatic N) is 3. The van der Waals surface area contributed by atoms with E-state index in [4.69, 9.17) is 0 Å². The van der Waals surface area contributed by atoms with Crippen molar-refractivity contribution in [2.24, 2.45) is 0 Å². The van der Waals surface area contributed by atoms with E-state index in [0.29, 0.717) is 6.42 Å². The van der Waals surface area contributed by atoms with Gasteiger partial charge < -0.3 is 10.2 Å². The normalized spacial score (nSPS) is 17.3. The first-order valence-electron chi connectivity index (χ1n) is 7.22. The molecule has 3 rings (SSSR count). The molecule has 21 heavy (non-hydrogen) atoms. The first kappa shape index (κ1) is 13.7. The third-order valence-electron chi connectivity index (χ3n) is 3.97. The zero-order chi connectivity index (χ0) is 15.0. The molecule has 1 aromatic carbocycles. The zero-order valence-corrected chi connectivity index (χ0v) is 12.6. The number of carbonyl (C=O) groups is 1. The maximum absolute atomic E-state index is 12.0. The van der Waals surface area contributed by atoms with Gasteiger partial charge in [-0.2, -0.15) is 5.10 Å². The van der Waals surface area contributed by atoms with Gasteiger partial charge in [0, 0.05) is 50.6 Å². The Hall–Kier alpha value is -2.30. The number of fused-ring (bicyclic) bond motifs is 1. The fraction of sp³-hybridized carbons (Fsp3) is 0.375. The fourth-order valence-electron chi connectivity index (χ4n) is 2.76. The first-order chi connectivity index (χ1) is 10.1. The van der Waals surface area contributed by atoms with Crippen molar-refractivity contribution >= 4 is 17.3 Å². The molecule has 0 radical (unpaired) electrons. The number of aryl methyl sites for hydroxylation is 1. The van der Waals surface area contributed by atoms with Crippen molar-refractivity contribution in [2.75, 3.05) is 24.3 Å². The monoisotopic (exact) mass is 284 g/mol. The van der Waals surface area contributed by atoms with Gasteiger partial charge in [-0.05, 0) is 30.2 Å². The largest absolute Gasteiger partial charge is 0.378 e. The van der Waals surface area contributed by atoms with Crippen molar-refractivity contribution in [1.82, 2.24) is 9.78 Å². The lowest BCUT2D eigenvalue weighted by Gasteiger charge is -2.26. The number of amides is 1. The summed E-state index contributed by atoms with van der Waals surface area (Å²) in [5, 5.41) is 7.31. The van der Waals surface area contributed by atoms with Crippen LogP contribution in [0.2, 0.25) is 0 Å². The van der Waals surface area contributed by atoms with Crippen LogP contribution in [0.5, 0.6) is 0 Å².